The molecule has 0 saturated carbocycles. The number of rotatable bonds is 3. The molecule has 1 unspecified atom stereocenters. The van der Waals surface area contributed by atoms with Crippen molar-refractivity contribution in [1.29, 1.82) is 0 Å². The Morgan fingerprint density at radius 3 is 2.76 bits per heavy atom. The third-order valence-electron chi connectivity index (χ3n) is 3.81. The molecule has 1 aliphatic heterocycles. The smallest absolute Gasteiger partial charge is 0.244 e. The maximum absolute atomic E-state index is 12.8. The highest BCUT2D eigenvalue weighted by atomic mass is 35.5. The number of nitrogens with two attached hydrogens (primary N) is 1. The van der Waals surface area contributed by atoms with Crippen LogP contribution >= 0.6 is 23.8 Å². The van der Waals surface area contributed by atoms with Gasteiger partial charge < -0.3 is 5.73 Å². The summed E-state index contributed by atoms with van der Waals surface area (Å²) in [6.07, 6.45) is 2.78. The van der Waals surface area contributed by atoms with Gasteiger partial charge in [0.05, 0.1) is 5.02 Å². The first-order valence-corrected chi connectivity index (χ1v) is 9.14. The zero-order valence-electron chi connectivity index (χ0n) is 11.9. The second kappa shape index (κ2) is 6.60. The van der Waals surface area contributed by atoms with Crippen molar-refractivity contribution in [1.82, 2.24) is 4.31 Å². The molecule has 0 aliphatic carbocycles. The summed E-state index contributed by atoms with van der Waals surface area (Å²) in [5, 5.41) is 0.201. The van der Waals surface area contributed by atoms with Crippen LogP contribution in [0.5, 0.6) is 0 Å². The van der Waals surface area contributed by atoms with Crippen molar-refractivity contribution in [3.05, 3.63) is 28.8 Å². The highest BCUT2D eigenvalue weighted by Crippen LogP contribution is 2.28. The lowest BCUT2D eigenvalue weighted by Crippen LogP contribution is -2.32. The van der Waals surface area contributed by atoms with Crippen LogP contribution in [-0.2, 0) is 10.0 Å². The van der Waals surface area contributed by atoms with E-state index in [0.717, 1.165) is 19.3 Å². The van der Waals surface area contributed by atoms with Gasteiger partial charge in [-0.2, -0.15) is 4.31 Å². The Labute approximate surface area is 136 Å². The van der Waals surface area contributed by atoms with Gasteiger partial charge in [0.1, 0.15) is 9.88 Å². The Morgan fingerprint density at radius 2 is 2.10 bits per heavy atom. The average molecular weight is 347 g/mol. The summed E-state index contributed by atoms with van der Waals surface area (Å²) in [5.41, 5.74) is 6.09. The summed E-state index contributed by atoms with van der Waals surface area (Å²) in [6.45, 7) is 3.20. The second-order valence-corrected chi connectivity index (χ2v) is 8.20. The van der Waals surface area contributed by atoms with Crippen LogP contribution in [0.15, 0.2) is 23.1 Å². The molecule has 1 atom stereocenters. The van der Waals surface area contributed by atoms with Crippen LogP contribution in [0.4, 0.5) is 0 Å². The van der Waals surface area contributed by atoms with Crippen LogP contribution in [0.25, 0.3) is 0 Å². The molecule has 4 nitrogen and oxygen atoms in total. The number of hydrogen-bond donors (Lipinski definition) is 1. The third-order valence-corrected chi connectivity index (χ3v) is 6.43. The van der Waals surface area contributed by atoms with E-state index in [1.54, 1.807) is 6.07 Å². The van der Waals surface area contributed by atoms with Gasteiger partial charge in [-0.3, -0.25) is 0 Å². The molecular weight excluding hydrogens is 328 g/mol. The van der Waals surface area contributed by atoms with Crippen molar-refractivity contribution in [3.63, 3.8) is 0 Å². The van der Waals surface area contributed by atoms with E-state index in [0.29, 0.717) is 24.6 Å². The van der Waals surface area contributed by atoms with E-state index in [2.05, 4.69) is 6.92 Å². The minimum Gasteiger partial charge on any atom is -0.389 e. The van der Waals surface area contributed by atoms with Gasteiger partial charge in [-0.1, -0.05) is 36.8 Å². The molecule has 0 aromatic heterocycles. The second-order valence-electron chi connectivity index (χ2n) is 5.45. The minimum absolute atomic E-state index is 0.0871. The van der Waals surface area contributed by atoms with E-state index in [1.807, 2.05) is 0 Å². The van der Waals surface area contributed by atoms with Crippen molar-refractivity contribution in [3.8, 4) is 0 Å². The van der Waals surface area contributed by atoms with Crippen LogP contribution in [0, 0.1) is 5.92 Å². The molecule has 2 N–H and O–H groups in total. The average Bonchev–Trinajstić information content (AvgIpc) is 2.64. The largest absolute Gasteiger partial charge is 0.389 e. The number of halogens is 1. The zero-order chi connectivity index (χ0) is 15.6. The Bertz CT molecular complexity index is 646. The summed E-state index contributed by atoms with van der Waals surface area (Å²) >= 11 is 11.0. The van der Waals surface area contributed by atoms with Crippen LogP contribution in [0.1, 0.15) is 31.7 Å². The van der Waals surface area contributed by atoms with E-state index in [1.165, 1.54) is 16.4 Å². The summed E-state index contributed by atoms with van der Waals surface area (Å²) < 4.78 is 27.1. The van der Waals surface area contributed by atoms with Gasteiger partial charge in [-0.15, -0.1) is 0 Å². The van der Waals surface area contributed by atoms with Crippen LogP contribution < -0.4 is 5.73 Å². The lowest BCUT2D eigenvalue weighted by atomic mass is 10.0. The molecule has 7 heteroatoms. The predicted molar refractivity (Wildman–Crippen MR) is 89.1 cm³/mol. The normalized spacial score (nSPS) is 21.0. The quantitative estimate of drug-likeness (QED) is 0.855. The Balaban J connectivity index is 2.39. The molecule has 1 fully saturated rings. The molecule has 1 saturated heterocycles. The zero-order valence-corrected chi connectivity index (χ0v) is 14.3. The fraction of sp³-hybridized carbons (Fsp3) is 0.500. The molecule has 1 aromatic rings. The molecule has 116 valence electrons. The molecule has 1 aromatic carbocycles. The van der Waals surface area contributed by atoms with Gasteiger partial charge in [-0.05, 0) is 37.3 Å². The maximum atomic E-state index is 12.8. The standard InChI is InChI=1S/C14H19ClN2O2S2/c1-10-3-2-7-17(8-6-10)21(18,19)13-9-11(14(16)20)4-5-12(13)15/h4-5,9-10H,2-3,6-8H2,1H3,(H2,16,20). The molecule has 0 spiro atoms. The van der Waals surface area contributed by atoms with Gasteiger partial charge in [0, 0.05) is 18.7 Å². The first-order valence-electron chi connectivity index (χ1n) is 6.92. The number of hydrogen-bond acceptors (Lipinski definition) is 3. The predicted octanol–water partition coefficient (Wildman–Crippen LogP) is 2.78. The first-order chi connectivity index (χ1) is 9.82. The maximum Gasteiger partial charge on any atom is 0.244 e. The SMILES string of the molecule is CC1CCCN(S(=O)(=O)c2cc(C(N)=S)ccc2Cl)CC1. The van der Waals surface area contributed by atoms with Gasteiger partial charge in [-0.25, -0.2) is 8.42 Å². The number of thiocarbonyl (C=S) groups is 1. The summed E-state index contributed by atoms with van der Waals surface area (Å²) in [5.74, 6) is 0.545. The molecule has 2 rings (SSSR count). The number of sulfonamides is 1. The van der Waals surface area contributed by atoms with E-state index in [-0.39, 0.29) is 14.9 Å². The van der Waals surface area contributed by atoms with E-state index in [9.17, 15) is 8.42 Å². The van der Waals surface area contributed by atoms with Gasteiger partial charge in [0.25, 0.3) is 0 Å². The highest BCUT2D eigenvalue weighted by molar-refractivity contribution is 7.89. The Hall–Kier alpha value is -0.690. The molecule has 0 bridgehead atoms. The lowest BCUT2D eigenvalue weighted by molar-refractivity contribution is 0.417. The minimum atomic E-state index is -3.61. The molecule has 21 heavy (non-hydrogen) atoms. The molecular formula is C14H19ClN2O2S2. The van der Waals surface area contributed by atoms with Crippen molar-refractivity contribution >= 4 is 38.8 Å². The van der Waals surface area contributed by atoms with Crippen LogP contribution in [-0.4, -0.2) is 30.8 Å². The van der Waals surface area contributed by atoms with Crippen molar-refractivity contribution in [2.75, 3.05) is 13.1 Å². The fourth-order valence-electron chi connectivity index (χ4n) is 2.47. The Kier molecular flexibility index (Phi) is 5.24. The van der Waals surface area contributed by atoms with E-state index >= 15 is 0 Å². The summed E-state index contributed by atoms with van der Waals surface area (Å²) in [7, 11) is -3.61. The van der Waals surface area contributed by atoms with Crippen molar-refractivity contribution in [2.45, 2.75) is 31.1 Å². The molecule has 1 heterocycles. The third kappa shape index (κ3) is 3.74. The van der Waals surface area contributed by atoms with Crippen molar-refractivity contribution < 1.29 is 8.42 Å². The molecule has 0 radical (unpaired) electrons. The molecule has 0 amide bonds. The monoisotopic (exact) mass is 346 g/mol. The first kappa shape index (κ1) is 16.7. The van der Waals surface area contributed by atoms with Gasteiger partial charge in [0.2, 0.25) is 10.0 Å². The lowest BCUT2D eigenvalue weighted by Gasteiger charge is -2.21. The molecule has 1 aliphatic rings. The van der Waals surface area contributed by atoms with Crippen LogP contribution in [0.3, 0.4) is 0 Å². The Morgan fingerprint density at radius 1 is 1.38 bits per heavy atom. The summed E-state index contributed by atoms with van der Waals surface area (Å²) in [4.78, 5) is 0.247. The van der Waals surface area contributed by atoms with Crippen molar-refractivity contribution in [2.24, 2.45) is 11.7 Å². The van der Waals surface area contributed by atoms with Gasteiger partial charge in [0.15, 0.2) is 0 Å². The van der Waals surface area contributed by atoms with E-state index in [4.69, 9.17) is 29.6 Å². The fourth-order valence-corrected chi connectivity index (χ4v) is 4.59. The number of nitrogens with zero attached hydrogens (tertiary/aromatic N) is 1. The van der Waals surface area contributed by atoms with E-state index < -0.39 is 10.0 Å². The van der Waals surface area contributed by atoms with Gasteiger partial charge >= 0.3 is 0 Å². The number of benzene rings is 1. The van der Waals surface area contributed by atoms with Crippen LogP contribution in [0.2, 0.25) is 5.02 Å². The highest BCUT2D eigenvalue weighted by Gasteiger charge is 2.28. The summed E-state index contributed by atoms with van der Waals surface area (Å²) in [6, 6.07) is 4.63. The topological polar surface area (TPSA) is 63.4 Å².